The number of benzene rings is 1. The van der Waals surface area contributed by atoms with Gasteiger partial charge in [-0.2, -0.15) is 0 Å². The Morgan fingerprint density at radius 3 is 2.62 bits per heavy atom. The molecule has 0 spiro atoms. The van der Waals surface area contributed by atoms with Gasteiger partial charge >= 0.3 is 5.97 Å². The van der Waals surface area contributed by atoms with Crippen LogP contribution in [-0.4, -0.2) is 19.5 Å². The third-order valence-electron chi connectivity index (χ3n) is 2.87. The monoisotopic (exact) mass is 389 g/mol. The van der Waals surface area contributed by atoms with Crippen molar-refractivity contribution in [2.75, 3.05) is 0 Å². The molecule has 0 aliphatic heterocycles. The molecule has 0 radical (unpaired) electrons. The molecule has 0 saturated carbocycles. The largest absolute Gasteiger partial charge is 0.478 e. The Morgan fingerprint density at radius 1 is 1.33 bits per heavy atom. The summed E-state index contributed by atoms with van der Waals surface area (Å²) >= 11 is 4.74. The van der Waals surface area contributed by atoms with Crippen molar-refractivity contribution in [2.45, 2.75) is 18.4 Å². The van der Waals surface area contributed by atoms with Gasteiger partial charge in [0.1, 0.15) is 0 Å². The number of hydrogen-bond acceptors (Lipinski definition) is 4. The van der Waals surface area contributed by atoms with Crippen LogP contribution in [0.3, 0.4) is 0 Å². The van der Waals surface area contributed by atoms with Crippen molar-refractivity contribution in [3.63, 3.8) is 0 Å². The molecule has 2 N–H and O–H groups in total. The van der Waals surface area contributed by atoms with Gasteiger partial charge < -0.3 is 5.11 Å². The zero-order valence-corrected chi connectivity index (χ0v) is 14.2. The van der Waals surface area contributed by atoms with Gasteiger partial charge in [-0.3, -0.25) is 0 Å². The number of halogens is 1. The molecule has 0 fully saturated rings. The van der Waals surface area contributed by atoms with E-state index >= 15 is 0 Å². The Bertz CT molecular complexity index is 783. The third-order valence-corrected chi connectivity index (χ3v) is 6.04. The standard InChI is InChI=1S/C13H12BrNO4S2/c1-8-10(13(16)17)3-2-4-11(8)21(18,19)15-7-9-5-6-12(14)20-9/h2-6,15H,7H2,1H3,(H,16,17). The average Bonchev–Trinajstić information content (AvgIpc) is 2.82. The van der Waals surface area contributed by atoms with E-state index in [1.165, 1.54) is 36.5 Å². The van der Waals surface area contributed by atoms with Crippen LogP contribution in [-0.2, 0) is 16.6 Å². The molecule has 8 heteroatoms. The Hall–Kier alpha value is -1.22. The predicted octanol–water partition coefficient (Wildman–Crippen LogP) is 3.00. The van der Waals surface area contributed by atoms with Crippen molar-refractivity contribution in [2.24, 2.45) is 0 Å². The lowest BCUT2D eigenvalue weighted by Gasteiger charge is -2.10. The van der Waals surface area contributed by atoms with Gasteiger partial charge in [-0.1, -0.05) is 6.07 Å². The Balaban J connectivity index is 2.27. The van der Waals surface area contributed by atoms with Crippen LogP contribution in [0.2, 0.25) is 0 Å². The number of carboxylic acids is 1. The van der Waals surface area contributed by atoms with Crippen LogP contribution in [0.15, 0.2) is 39.0 Å². The number of aromatic carboxylic acids is 1. The van der Waals surface area contributed by atoms with Crippen molar-refractivity contribution < 1.29 is 18.3 Å². The SMILES string of the molecule is Cc1c(C(=O)O)cccc1S(=O)(=O)NCc1ccc(Br)s1. The molecule has 0 saturated heterocycles. The summed E-state index contributed by atoms with van der Waals surface area (Å²) in [6.45, 7) is 1.65. The van der Waals surface area contributed by atoms with Crippen LogP contribution in [0.5, 0.6) is 0 Å². The van der Waals surface area contributed by atoms with E-state index in [4.69, 9.17) is 5.11 Å². The highest BCUT2D eigenvalue weighted by atomic mass is 79.9. The van der Waals surface area contributed by atoms with Gasteiger partial charge in [-0.05, 0) is 52.7 Å². The van der Waals surface area contributed by atoms with Crippen molar-refractivity contribution in [1.82, 2.24) is 4.72 Å². The van der Waals surface area contributed by atoms with E-state index < -0.39 is 16.0 Å². The first-order valence-electron chi connectivity index (χ1n) is 5.88. The maximum atomic E-state index is 12.3. The Morgan fingerprint density at radius 2 is 2.05 bits per heavy atom. The number of thiophene rings is 1. The second-order valence-electron chi connectivity index (χ2n) is 4.26. The summed E-state index contributed by atoms with van der Waals surface area (Å²) in [5, 5.41) is 9.05. The molecule has 1 aromatic carbocycles. The Labute approximate surface area is 134 Å². The van der Waals surface area contributed by atoms with Crippen molar-refractivity contribution in [3.8, 4) is 0 Å². The summed E-state index contributed by atoms with van der Waals surface area (Å²) < 4.78 is 28.0. The molecule has 1 aromatic heterocycles. The minimum atomic E-state index is -3.76. The van der Waals surface area contributed by atoms with Crippen LogP contribution in [0.1, 0.15) is 20.8 Å². The van der Waals surface area contributed by atoms with E-state index in [0.717, 1.165) is 8.66 Å². The van der Waals surface area contributed by atoms with Crippen LogP contribution in [0.4, 0.5) is 0 Å². The highest BCUT2D eigenvalue weighted by Gasteiger charge is 2.20. The summed E-state index contributed by atoms with van der Waals surface area (Å²) in [4.78, 5) is 11.9. The number of carboxylic acid groups (broad SMARTS) is 1. The second kappa shape index (κ2) is 6.27. The van der Waals surface area contributed by atoms with Crippen LogP contribution in [0.25, 0.3) is 0 Å². The molecule has 0 bridgehead atoms. The minimum Gasteiger partial charge on any atom is -0.478 e. The first kappa shape index (κ1) is 16.2. The fraction of sp³-hybridized carbons (Fsp3) is 0.154. The average molecular weight is 390 g/mol. The lowest BCUT2D eigenvalue weighted by molar-refractivity contribution is 0.0696. The van der Waals surface area contributed by atoms with E-state index in [1.807, 2.05) is 12.1 Å². The highest BCUT2D eigenvalue weighted by Crippen LogP contribution is 2.23. The molecule has 112 valence electrons. The molecule has 0 unspecified atom stereocenters. The molecule has 2 aromatic rings. The van der Waals surface area contributed by atoms with Gasteiger partial charge in [0.25, 0.3) is 0 Å². The lowest BCUT2D eigenvalue weighted by Crippen LogP contribution is -2.24. The molecular formula is C13H12BrNO4S2. The van der Waals surface area contributed by atoms with E-state index in [2.05, 4.69) is 20.7 Å². The summed E-state index contributed by atoms with van der Waals surface area (Å²) in [5.74, 6) is -1.15. The molecule has 1 heterocycles. The highest BCUT2D eigenvalue weighted by molar-refractivity contribution is 9.11. The normalized spacial score (nSPS) is 11.5. The van der Waals surface area contributed by atoms with E-state index in [1.54, 1.807) is 0 Å². The summed E-state index contributed by atoms with van der Waals surface area (Å²) in [6.07, 6.45) is 0. The first-order chi connectivity index (χ1) is 9.81. The first-order valence-corrected chi connectivity index (χ1v) is 8.97. The van der Waals surface area contributed by atoms with Gasteiger partial charge in [0.15, 0.2) is 0 Å². The number of rotatable bonds is 5. The van der Waals surface area contributed by atoms with Gasteiger partial charge in [0.05, 0.1) is 14.2 Å². The van der Waals surface area contributed by atoms with Gasteiger partial charge in [0, 0.05) is 11.4 Å². The fourth-order valence-electron chi connectivity index (χ4n) is 1.83. The summed E-state index contributed by atoms with van der Waals surface area (Å²) in [5.41, 5.74) is 0.210. The number of carbonyl (C=O) groups is 1. The summed E-state index contributed by atoms with van der Waals surface area (Å²) in [6, 6.07) is 7.86. The molecule has 0 atom stereocenters. The van der Waals surface area contributed by atoms with E-state index in [9.17, 15) is 13.2 Å². The van der Waals surface area contributed by atoms with Crippen molar-refractivity contribution >= 4 is 43.3 Å². The van der Waals surface area contributed by atoms with Crippen LogP contribution in [0, 0.1) is 6.92 Å². The number of sulfonamides is 1. The van der Waals surface area contributed by atoms with Crippen molar-refractivity contribution in [1.29, 1.82) is 0 Å². The molecule has 21 heavy (non-hydrogen) atoms. The van der Waals surface area contributed by atoms with Crippen LogP contribution >= 0.6 is 27.3 Å². The maximum Gasteiger partial charge on any atom is 0.335 e. The maximum absolute atomic E-state index is 12.3. The lowest BCUT2D eigenvalue weighted by atomic mass is 10.1. The zero-order valence-electron chi connectivity index (χ0n) is 11.0. The summed E-state index contributed by atoms with van der Waals surface area (Å²) in [7, 11) is -3.76. The molecule has 0 aliphatic rings. The van der Waals surface area contributed by atoms with Gasteiger partial charge in [-0.15, -0.1) is 11.3 Å². The molecule has 5 nitrogen and oxygen atoms in total. The molecular weight excluding hydrogens is 378 g/mol. The smallest absolute Gasteiger partial charge is 0.335 e. The third kappa shape index (κ3) is 3.70. The van der Waals surface area contributed by atoms with Gasteiger partial charge in [-0.25, -0.2) is 17.9 Å². The van der Waals surface area contributed by atoms with E-state index in [-0.39, 0.29) is 22.6 Å². The van der Waals surface area contributed by atoms with Gasteiger partial charge in [0.2, 0.25) is 10.0 Å². The molecule has 0 aliphatic carbocycles. The van der Waals surface area contributed by atoms with Crippen molar-refractivity contribution in [3.05, 3.63) is 50.1 Å². The molecule has 0 amide bonds. The quantitative estimate of drug-likeness (QED) is 0.822. The Kier molecular flexibility index (Phi) is 4.82. The number of hydrogen-bond donors (Lipinski definition) is 2. The second-order valence-corrected chi connectivity index (χ2v) is 8.55. The molecule has 2 rings (SSSR count). The van der Waals surface area contributed by atoms with E-state index in [0.29, 0.717) is 0 Å². The minimum absolute atomic E-state index is 0.0157. The topological polar surface area (TPSA) is 83.5 Å². The fourth-order valence-corrected chi connectivity index (χ4v) is 4.61. The number of nitrogens with one attached hydrogen (secondary N) is 1. The predicted molar refractivity (Wildman–Crippen MR) is 84.2 cm³/mol. The van der Waals surface area contributed by atoms with Crippen LogP contribution < -0.4 is 4.72 Å². The zero-order chi connectivity index (χ0) is 15.6.